The standard InChI is InChI=1S/C14H21NO/c1-10(2)11(3)12-6-8-13(9-7-12)14(16)15(4)5/h6-11H,1-5H3. The molecule has 1 aromatic rings. The van der Waals surface area contributed by atoms with Crippen LogP contribution in [0.15, 0.2) is 24.3 Å². The van der Waals surface area contributed by atoms with Crippen LogP contribution in [0.3, 0.4) is 0 Å². The summed E-state index contributed by atoms with van der Waals surface area (Å²) in [5.41, 5.74) is 2.05. The molecular formula is C14H21NO. The first-order valence-electron chi connectivity index (χ1n) is 5.75. The topological polar surface area (TPSA) is 20.3 Å². The summed E-state index contributed by atoms with van der Waals surface area (Å²) in [7, 11) is 3.54. The summed E-state index contributed by atoms with van der Waals surface area (Å²) in [4.78, 5) is 13.3. The fraction of sp³-hybridized carbons (Fsp3) is 0.500. The van der Waals surface area contributed by atoms with E-state index in [1.807, 2.05) is 12.1 Å². The Labute approximate surface area is 98.3 Å². The van der Waals surface area contributed by atoms with E-state index in [0.717, 1.165) is 5.56 Å². The summed E-state index contributed by atoms with van der Waals surface area (Å²) in [6.07, 6.45) is 0. The van der Waals surface area contributed by atoms with E-state index in [0.29, 0.717) is 11.8 Å². The van der Waals surface area contributed by atoms with E-state index >= 15 is 0 Å². The minimum atomic E-state index is 0.0590. The lowest BCUT2D eigenvalue weighted by Gasteiger charge is -2.16. The maximum atomic E-state index is 11.7. The van der Waals surface area contributed by atoms with Crippen LogP contribution in [0, 0.1) is 5.92 Å². The van der Waals surface area contributed by atoms with Crippen molar-refractivity contribution in [3.8, 4) is 0 Å². The quantitative estimate of drug-likeness (QED) is 0.764. The zero-order valence-corrected chi connectivity index (χ0v) is 10.8. The molecule has 88 valence electrons. The van der Waals surface area contributed by atoms with Crippen molar-refractivity contribution in [2.75, 3.05) is 14.1 Å². The van der Waals surface area contributed by atoms with Gasteiger partial charge >= 0.3 is 0 Å². The number of hydrogen-bond acceptors (Lipinski definition) is 1. The number of carbonyl (C=O) groups excluding carboxylic acids is 1. The highest BCUT2D eigenvalue weighted by molar-refractivity contribution is 5.93. The lowest BCUT2D eigenvalue weighted by Crippen LogP contribution is -2.21. The zero-order valence-electron chi connectivity index (χ0n) is 10.8. The number of rotatable bonds is 3. The van der Waals surface area contributed by atoms with Crippen LogP contribution in [0.2, 0.25) is 0 Å². The Bertz CT molecular complexity index is 352. The molecule has 1 unspecified atom stereocenters. The Kier molecular flexibility index (Phi) is 4.11. The van der Waals surface area contributed by atoms with Crippen molar-refractivity contribution in [1.29, 1.82) is 0 Å². The molecule has 0 bridgehead atoms. The highest BCUT2D eigenvalue weighted by Crippen LogP contribution is 2.23. The van der Waals surface area contributed by atoms with Crippen molar-refractivity contribution >= 4 is 5.91 Å². The second kappa shape index (κ2) is 5.15. The lowest BCUT2D eigenvalue weighted by atomic mass is 9.90. The third-order valence-corrected chi connectivity index (χ3v) is 3.09. The highest BCUT2D eigenvalue weighted by atomic mass is 16.2. The molecule has 2 nitrogen and oxygen atoms in total. The molecule has 0 N–H and O–H groups in total. The first kappa shape index (κ1) is 12.8. The van der Waals surface area contributed by atoms with Crippen molar-refractivity contribution in [2.24, 2.45) is 5.92 Å². The van der Waals surface area contributed by atoms with Crippen LogP contribution in [0.4, 0.5) is 0 Å². The van der Waals surface area contributed by atoms with Gasteiger partial charge in [0.1, 0.15) is 0 Å². The van der Waals surface area contributed by atoms with Crippen LogP contribution in [0.5, 0.6) is 0 Å². The van der Waals surface area contributed by atoms with E-state index in [2.05, 4.69) is 32.9 Å². The molecule has 0 aromatic heterocycles. The van der Waals surface area contributed by atoms with Gasteiger partial charge in [0, 0.05) is 19.7 Å². The molecule has 0 aliphatic heterocycles. The molecule has 1 rings (SSSR count). The van der Waals surface area contributed by atoms with Gasteiger partial charge in [0.2, 0.25) is 0 Å². The third-order valence-electron chi connectivity index (χ3n) is 3.09. The number of nitrogens with zero attached hydrogens (tertiary/aromatic N) is 1. The van der Waals surface area contributed by atoms with Crippen molar-refractivity contribution in [3.63, 3.8) is 0 Å². The number of carbonyl (C=O) groups is 1. The molecule has 0 radical (unpaired) electrons. The van der Waals surface area contributed by atoms with Gasteiger partial charge in [0.25, 0.3) is 5.91 Å². The van der Waals surface area contributed by atoms with Crippen molar-refractivity contribution in [2.45, 2.75) is 26.7 Å². The summed E-state index contributed by atoms with van der Waals surface area (Å²) in [6.45, 7) is 6.64. The van der Waals surface area contributed by atoms with Crippen molar-refractivity contribution < 1.29 is 4.79 Å². The highest BCUT2D eigenvalue weighted by Gasteiger charge is 2.11. The summed E-state index contributed by atoms with van der Waals surface area (Å²) < 4.78 is 0. The minimum Gasteiger partial charge on any atom is -0.345 e. The van der Waals surface area contributed by atoms with Gasteiger partial charge in [-0.15, -0.1) is 0 Å². The molecule has 2 heteroatoms. The molecule has 0 heterocycles. The van der Waals surface area contributed by atoms with Crippen LogP contribution >= 0.6 is 0 Å². The molecule has 16 heavy (non-hydrogen) atoms. The summed E-state index contributed by atoms with van der Waals surface area (Å²) in [5, 5.41) is 0. The molecule has 1 atom stereocenters. The molecule has 1 amide bonds. The molecule has 1 aromatic carbocycles. The Hall–Kier alpha value is -1.31. The van der Waals surface area contributed by atoms with E-state index in [1.165, 1.54) is 5.56 Å². The summed E-state index contributed by atoms with van der Waals surface area (Å²) >= 11 is 0. The molecule has 0 aliphatic rings. The van der Waals surface area contributed by atoms with Gasteiger partial charge in [-0.25, -0.2) is 0 Å². The average molecular weight is 219 g/mol. The summed E-state index contributed by atoms with van der Waals surface area (Å²) in [5.74, 6) is 1.21. The van der Waals surface area contributed by atoms with Crippen LogP contribution in [-0.2, 0) is 0 Å². The van der Waals surface area contributed by atoms with E-state index < -0.39 is 0 Å². The zero-order chi connectivity index (χ0) is 12.3. The molecule has 0 saturated carbocycles. The summed E-state index contributed by atoms with van der Waals surface area (Å²) in [6, 6.07) is 7.94. The Morgan fingerprint density at radius 2 is 1.56 bits per heavy atom. The van der Waals surface area contributed by atoms with E-state index in [-0.39, 0.29) is 5.91 Å². The monoisotopic (exact) mass is 219 g/mol. The normalized spacial score (nSPS) is 12.6. The molecule has 0 saturated heterocycles. The van der Waals surface area contributed by atoms with Crippen LogP contribution in [0.1, 0.15) is 42.6 Å². The molecule has 0 fully saturated rings. The van der Waals surface area contributed by atoms with Gasteiger partial charge in [0.05, 0.1) is 0 Å². The smallest absolute Gasteiger partial charge is 0.253 e. The van der Waals surface area contributed by atoms with Crippen LogP contribution in [-0.4, -0.2) is 24.9 Å². The van der Waals surface area contributed by atoms with Gasteiger partial charge in [0.15, 0.2) is 0 Å². The SMILES string of the molecule is CC(C)C(C)c1ccc(C(=O)N(C)C)cc1. The van der Waals surface area contributed by atoms with Crippen LogP contribution < -0.4 is 0 Å². The van der Waals surface area contributed by atoms with E-state index in [9.17, 15) is 4.79 Å². The predicted molar refractivity (Wildman–Crippen MR) is 67.7 cm³/mol. The van der Waals surface area contributed by atoms with Crippen LogP contribution in [0.25, 0.3) is 0 Å². The second-order valence-electron chi connectivity index (χ2n) is 4.85. The van der Waals surface area contributed by atoms with Gasteiger partial charge in [-0.3, -0.25) is 4.79 Å². The molecule has 0 spiro atoms. The molecule has 0 aliphatic carbocycles. The largest absolute Gasteiger partial charge is 0.345 e. The van der Waals surface area contributed by atoms with Crippen molar-refractivity contribution in [3.05, 3.63) is 35.4 Å². The minimum absolute atomic E-state index is 0.0590. The Morgan fingerprint density at radius 3 is 1.94 bits per heavy atom. The van der Waals surface area contributed by atoms with E-state index in [1.54, 1.807) is 19.0 Å². The third kappa shape index (κ3) is 2.84. The van der Waals surface area contributed by atoms with Gasteiger partial charge in [-0.1, -0.05) is 32.9 Å². The maximum absolute atomic E-state index is 11.7. The Morgan fingerprint density at radius 1 is 1.06 bits per heavy atom. The van der Waals surface area contributed by atoms with E-state index in [4.69, 9.17) is 0 Å². The first-order valence-corrected chi connectivity index (χ1v) is 5.75. The fourth-order valence-electron chi connectivity index (χ4n) is 1.57. The number of benzene rings is 1. The number of hydrogen-bond donors (Lipinski definition) is 0. The lowest BCUT2D eigenvalue weighted by molar-refractivity contribution is 0.0827. The maximum Gasteiger partial charge on any atom is 0.253 e. The number of amides is 1. The van der Waals surface area contributed by atoms with Gasteiger partial charge in [-0.2, -0.15) is 0 Å². The van der Waals surface area contributed by atoms with Crippen molar-refractivity contribution in [1.82, 2.24) is 4.90 Å². The Balaban J connectivity index is 2.87. The fourth-order valence-corrected chi connectivity index (χ4v) is 1.57. The molecular weight excluding hydrogens is 198 g/mol. The van der Waals surface area contributed by atoms with Gasteiger partial charge < -0.3 is 4.90 Å². The second-order valence-corrected chi connectivity index (χ2v) is 4.85. The average Bonchev–Trinajstić information content (AvgIpc) is 2.27. The first-order chi connectivity index (χ1) is 7.43. The van der Waals surface area contributed by atoms with Gasteiger partial charge in [-0.05, 0) is 29.5 Å². The predicted octanol–water partition coefficient (Wildman–Crippen LogP) is 3.15.